The second-order valence-corrected chi connectivity index (χ2v) is 5.19. The molecule has 2 N–H and O–H groups in total. The number of carbonyl (C=O) groups excluding carboxylic acids is 1. The molecule has 0 atom stereocenters. The van der Waals surface area contributed by atoms with Crippen molar-refractivity contribution in [1.29, 1.82) is 0 Å². The molecule has 3 aromatic rings. The zero-order valence-electron chi connectivity index (χ0n) is 13.1. The van der Waals surface area contributed by atoms with Gasteiger partial charge in [0.1, 0.15) is 29.6 Å². The number of halogens is 1. The minimum atomic E-state index is -0.343. The summed E-state index contributed by atoms with van der Waals surface area (Å²) in [4.78, 5) is 15.0. The number of fused-ring (bicyclic) bond motifs is 1. The highest BCUT2D eigenvalue weighted by Gasteiger charge is 2.09. The zero-order valence-corrected chi connectivity index (χ0v) is 13.1. The van der Waals surface area contributed by atoms with Crippen LogP contribution in [-0.4, -0.2) is 31.2 Å². The molecule has 0 unspecified atom stereocenters. The minimum absolute atomic E-state index is 0.259. The molecule has 24 heavy (non-hydrogen) atoms. The summed E-state index contributed by atoms with van der Waals surface area (Å²) in [5.74, 6) is 0.853. The van der Waals surface area contributed by atoms with Crippen LogP contribution in [0.2, 0.25) is 0 Å². The van der Waals surface area contributed by atoms with Gasteiger partial charge in [-0.1, -0.05) is 0 Å². The van der Waals surface area contributed by atoms with Crippen LogP contribution >= 0.6 is 0 Å². The molecule has 0 fully saturated rings. The third kappa shape index (κ3) is 3.65. The SMILES string of the molecule is COc1ccc(OCCNC(=O)c2cc3ccc(F)cc3[nH]2)cc1. The Bertz CT molecular complexity index is 843. The third-order valence-corrected chi connectivity index (χ3v) is 3.54. The molecule has 0 saturated carbocycles. The Hall–Kier alpha value is -3.02. The summed E-state index contributed by atoms with van der Waals surface area (Å²) in [5.41, 5.74) is 0.981. The maximum Gasteiger partial charge on any atom is 0.267 e. The van der Waals surface area contributed by atoms with E-state index in [9.17, 15) is 9.18 Å². The fraction of sp³-hybridized carbons (Fsp3) is 0.167. The average molecular weight is 328 g/mol. The normalized spacial score (nSPS) is 10.6. The van der Waals surface area contributed by atoms with Gasteiger partial charge in [-0.3, -0.25) is 4.79 Å². The lowest BCUT2D eigenvalue weighted by atomic mass is 10.2. The number of aromatic nitrogens is 1. The van der Waals surface area contributed by atoms with Crippen LogP contribution in [0.1, 0.15) is 10.5 Å². The monoisotopic (exact) mass is 328 g/mol. The van der Waals surface area contributed by atoms with E-state index in [2.05, 4.69) is 10.3 Å². The van der Waals surface area contributed by atoms with Gasteiger partial charge in [-0.15, -0.1) is 0 Å². The number of rotatable bonds is 6. The van der Waals surface area contributed by atoms with Gasteiger partial charge in [0.2, 0.25) is 0 Å². The summed E-state index contributed by atoms with van der Waals surface area (Å²) >= 11 is 0. The van der Waals surface area contributed by atoms with E-state index in [1.54, 1.807) is 43.5 Å². The first kappa shape index (κ1) is 15.9. The van der Waals surface area contributed by atoms with Gasteiger partial charge in [-0.25, -0.2) is 4.39 Å². The molecule has 1 amide bonds. The molecule has 1 heterocycles. The zero-order chi connectivity index (χ0) is 16.9. The van der Waals surface area contributed by atoms with E-state index in [0.717, 1.165) is 11.1 Å². The molecular formula is C18H17FN2O3. The highest BCUT2D eigenvalue weighted by atomic mass is 19.1. The van der Waals surface area contributed by atoms with Crippen LogP contribution in [0, 0.1) is 5.82 Å². The fourth-order valence-electron chi connectivity index (χ4n) is 2.32. The number of ether oxygens (including phenoxy) is 2. The molecule has 0 aliphatic rings. The van der Waals surface area contributed by atoms with Gasteiger partial charge in [0, 0.05) is 10.9 Å². The van der Waals surface area contributed by atoms with Crippen LogP contribution < -0.4 is 14.8 Å². The Balaban J connectivity index is 1.51. The Labute approximate surface area is 138 Å². The maximum atomic E-state index is 13.2. The van der Waals surface area contributed by atoms with Gasteiger partial charge in [0.15, 0.2) is 0 Å². The van der Waals surface area contributed by atoms with Gasteiger partial charge in [-0.05, 0) is 48.5 Å². The van der Waals surface area contributed by atoms with E-state index >= 15 is 0 Å². The molecule has 0 spiro atoms. The quantitative estimate of drug-likeness (QED) is 0.683. The highest BCUT2D eigenvalue weighted by Crippen LogP contribution is 2.17. The lowest BCUT2D eigenvalue weighted by Crippen LogP contribution is -2.28. The van der Waals surface area contributed by atoms with Crippen LogP contribution in [0.3, 0.4) is 0 Å². The predicted molar refractivity (Wildman–Crippen MR) is 89.1 cm³/mol. The summed E-state index contributed by atoms with van der Waals surface area (Å²) in [7, 11) is 1.60. The summed E-state index contributed by atoms with van der Waals surface area (Å²) in [6, 6.07) is 13.2. The van der Waals surface area contributed by atoms with E-state index in [1.807, 2.05) is 0 Å². The van der Waals surface area contributed by atoms with Crippen molar-refractivity contribution < 1.29 is 18.7 Å². The molecule has 6 heteroatoms. The van der Waals surface area contributed by atoms with E-state index in [4.69, 9.17) is 9.47 Å². The lowest BCUT2D eigenvalue weighted by Gasteiger charge is -2.07. The molecule has 0 aliphatic carbocycles. The smallest absolute Gasteiger partial charge is 0.267 e. The number of nitrogens with one attached hydrogen (secondary N) is 2. The van der Waals surface area contributed by atoms with Gasteiger partial charge in [0.25, 0.3) is 5.91 Å². The number of benzene rings is 2. The first-order chi connectivity index (χ1) is 11.7. The van der Waals surface area contributed by atoms with Crippen molar-refractivity contribution in [3.05, 3.63) is 60.0 Å². The predicted octanol–water partition coefficient (Wildman–Crippen LogP) is 3.12. The average Bonchev–Trinajstić information content (AvgIpc) is 3.02. The number of H-pyrrole nitrogens is 1. The largest absolute Gasteiger partial charge is 0.497 e. The van der Waals surface area contributed by atoms with Gasteiger partial charge >= 0.3 is 0 Å². The van der Waals surface area contributed by atoms with E-state index in [0.29, 0.717) is 30.1 Å². The first-order valence-electron chi connectivity index (χ1n) is 7.49. The molecule has 3 rings (SSSR count). The number of methoxy groups -OCH3 is 1. The molecule has 124 valence electrons. The Morgan fingerprint density at radius 3 is 2.62 bits per heavy atom. The van der Waals surface area contributed by atoms with Crippen LogP contribution in [0.25, 0.3) is 10.9 Å². The van der Waals surface area contributed by atoms with E-state index < -0.39 is 0 Å². The highest BCUT2D eigenvalue weighted by molar-refractivity contribution is 5.97. The van der Waals surface area contributed by atoms with Crippen molar-refractivity contribution in [2.45, 2.75) is 0 Å². The van der Waals surface area contributed by atoms with Crippen LogP contribution in [0.15, 0.2) is 48.5 Å². The summed E-state index contributed by atoms with van der Waals surface area (Å²) in [6.07, 6.45) is 0. The number of amides is 1. The maximum absolute atomic E-state index is 13.2. The molecule has 5 nitrogen and oxygen atoms in total. The van der Waals surface area contributed by atoms with Crippen molar-refractivity contribution in [2.24, 2.45) is 0 Å². The van der Waals surface area contributed by atoms with Crippen LogP contribution in [-0.2, 0) is 0 Å². The van der Waals surface area contributed by atoms with Gasteiger partial charge in [-0.2, -0.15) is 0 Å². The van der Waals surface area contributed by atoms with Gasteiger partial charge in [0.05, 0.1) is 13.7 Å². The first-order valence-corrected chi connectivity index (χ1v) is 7.49. The van der Waals surface area contributed by atoms with Gasteiger partial charge < -0.3 is 19.8 Å². The number of hydrogen-bond acceptors (Lipinski definition) is 3. The second-order valence-electron chi connectivity index (χ2n) is 5.19. The minimum Gasteiger partial charge on any atom is -0.497 e. The van der Waals surface area contributed by atoms with Crippen molar-refractivity contribution in [1.82, 2.24) is 10.3 Å². The number of hydrogen-bond donors (Lipinski definition) is 2. The standard InChI is InChI=1S/C18H17FN2O3/c1-23-14-4-6-15(7-5-14)24-9-8-20-18(22)17-10-12-2-3-13(19)11-16(12)21-17/h2-7,10-11,21H,8-9H2,1H3,(H,20,22). The Kier molecular flexibility index (Phi) is 4.65. The third-order valence-electron chi connectivity index (χ3n) is 3.54. The van der Waals surface area contributed by atoms with Crippen LogP contribution in [0.5, 0.6) is 11.5 Å². The fourth-order valence-corrected chi connectivity index (χ4v) is 2.32. The second kappa shape index (κ2) is 7.04. The Morgan fingerprint density at radius 1 is 1.12 bits per heavy atom. The Morgan fingerprint density at radius 2 is 1.88 bits per heavy atom. The van der Waals surface area contributed by atoms with Crippen molar-refractivity contribution in [3.63, 3.8) is 0 Å². The van der Waals surface area contributed by atoms with Crippen molar-refractivity contribution in [2.75, 3.05) is 20.3 Å². The summed E-state index contributed by atoms with van der Waals surface area (Å²) < 4.78 is 23.8. The molecule has 0 aliphatic heterocycles. The molecule has 0 saturated heterocycles. The van der Waals surface area contributed by atoms with Crippen LogP contribution in [0.4, 0.5) is 4.39 Å². The molecule has 0 bridgehead atoms. The molecular weight excluding hydrogens is 311 g/mol. The van der Waals surface area contributed by atoms with Crippen molar-refractivity contribution >= 4 is 16.8 Å². The molecule has 2 aromatic carbocycles. The summed E-state index contributed by atoms with van der Waals surface area (Å²) in [5, 5.41) is 3.54. The number of carbonyl (C=O) groups is 1. The molecule has 0 radical (unpaired) electrons. The lowest BCUT2D eigenvalue weighted by molar-refractivity contribution is 0.0943. The topological polar surface area (TPSA) is 63.4 Å². The molecule has 1 aromatic heterocycles. The summed E-state index contributed by atoms with van der Waals surface area (Å²) in [6.45, 7) is 0.696. The van der Waals surface area contributed by atoms with E-state index in [1.165, 1.54) is 12.1 Å². The van der Waals surface area contributed by atoms with E-state index in [-0.39, 0.29) is 11.7 Å². The number of aromatic amines is 1. The van der Waals surface area contributed by atoms with Crippen molar-refractivity contribution in [3.8, 4) is 11.5 Å².